The topological polar surface area (TPSA) is 17.3 Å². The third-order valence-electron chi connectivity index (χ3n) is 3.39. The van der Waals surface area contributed by atoms with Crippen molar-refractivity contribution in [2.24, 2.45) is 5.92 Å². The van der Waals surface area contributed by atoms with Crippen LogP contribution < -0.4 is 0 Å². The molecule has 2 aromatic rings. The van der Waals surface area contributed by atoms with Gasteiger partial charge in [-0.05, 0) is 58.3 Å². The lowest BCUT2D eigenvalue weighted by Crippen LogP contribution is -2.14. The predicted octanol–water partition coefficient (Wildman–Crippen LogP) is 3.78. The lowest BCUT2D eigenvalue weighted by atomic mass is 9.98. The summed E-state index contributed by atoms with van der Waals surface area (Å²) in [4.78, 5) is 4.58. The van der Waals surface area contributed by atoms with Crippen molar-refractivity contribution in [2.75, 3.05) is 11.5 Å². The Morgan fingerprint density at radius 1 is 1.35 bits per heavy atom. The standard InChI is InChI=1S/C13H15BrN2S/c14-12-3-1-2-11-9-15-13(16(11)12)8-10-4-6-17-7-5-10/h1-3,9-10H,4-8H2. The van der Waals surface area contributed by atoms with E-state index in [0.717, 1.165) is 16.9 Å². The molecule has 0 aromatic carbocycles. The van der Waals surface area contributed by atoms with Gasteiger partial charge in [-0.15, -0.1) is 0 Å². The maximum absolute atomic E-state index is 4.58. The van der Waals surface area contributed by atoms with Crippen LogP contribution in [0.15, 0.2) is 29.0 Å². The molecule has 0 atom stereocenters. The second-order valence-electron chi connectivity index (χ2n) is 4.54. The number of rotatable bonds is 2. The highest BCUT2D eigenvalue weighted by Crippen LogP contribution is 2.26. The van der Waals surface area contributed by atoms with Crippen LogP contribution in [0.4, 0.5) is 0 Å². The molecule has 1 aliphatic heterocycles. The van der Waals surface area contributed by atoms with Crippen molar-refractivity contribution in [3.63, 3.8) is 0 Å². The molecule has 17 heavy (non-hydrogen) atoms. The van der Waals surface area contributed by atoms with Gasteiger partial charge in [0.25, 0.3) is 0 Å². The molecule has 3 heterocycles. The Morgan fingerprint density at radius 2 is 2.18 bits per heavy atom. The Balaban J connectivity index is 1.89. The number of aromatic nitrogens is 2. The molecule has 1 saturated heterocycles. The summed E-state index contributed by atoms with van der Waals surface area (Å²) in [7, 11) is 0. The Kier molecular flexibility index (Phi) is 3.43. The smallest absolute Gasteiger partial charge is 0.114 e. The highest BCUT2D eigenvalue weighted by Gasteiger charge is 2.17. The molecule has 0 unspecified atom stereocenters. The predicted molar refractivity (Wildman–Crippen MR) is 76.6 cm³/mol. The first-order chi connectivity index (χ1) is 8.34. The number of hydrogen-bond acceptors (Lipinski definition) is 2. The van der Waals surface area contributed by atoms with Gasteiger partial charge in [0, 0.05) is 6.42 Å². The van der Waals surface area contributed by atoms with Gasteiger partial charge >= 0.3 is 0 Å². The van der Waals surface area contributed by atoms with E-state index >= 15 is 0 Å². The largest absolute Gasteiger partial charge is 0.291 e. The Labute approximate surface area is 114 Å². The first kappa shape index (κ1) is 11.6. The average molecular weight is 311 g/mol. The zero-order valence-corrected chi connectivity index (χ0v) is 12.0. The van der Waals surface area contributed by atoms with Crippen molar-refractivity contribution >= 4 is 33.2 Å². The van der Waals surface area contributed by atoms with Gasteiger partial charge in [0.1, 0.15) is 5.82 Å². The molecule has 2 nitrogen and oxygen atoms in total. The summed E-state index contributed by atoms with van der Waals surface area (Å²) in [5.74, 6) is 4.64. The molecule has 0 aliphatic carbocycles. The van der Waals surface area contributed by atoms with Gasteiger partial charge in [0.2, 0.25) is 0 Å². The molecule has 4 heteroatoms. The summed E-state index contributed by atoms with van der Waals surface area (Å²) >= 11 is 5.69. The number of halogens is 1. The minimum atomic E-state index is 0.814. The van der Waals surface area contributed by atoms with Crippen LogP contribution in [-0.4, -0.2) is 20.9 Å². The molecule has 0 bridgehead atoms. The molecular weight excluding hydrogens is 296 g/mol. The normalized spacial score (nSPS) is 17.7. The van der Waals surface area contributed by atoms with Crippen LogP contribution in [0.2, 0.25) is 0 Å². The van der Waals surface area contributed by atoms with E-state index in [1.807, 2.05) is 6.20 Å². The Bertz CT molecular complexity index is 517. The summed E-state index contributed by atoms with van der Waals surface area (Å²) in [5, 5.41) is 0. The molecular formula is C13H15BrN2S. The highest BCUT2D eigenvalue weighted by molar-refractivity contribution is 9.10. The molecule has 2 aromatic heterocycles. The van der Waals surface area contributed by atoms with Crippen molar-refractivity contribution in [1.29, 1.82) is 0 Å². The van der Waals surface area contributed by atoms with E-state index in [1.54, 1.807) is 0 Å². The van der Waals surface area contributed by atoms with Crippen molar-refractivity contribution in [2.45, 2.75) is 19.3 Å². The van der Waals surface area contributed by atoms with Gasteiger partial charge < -0.3 is 0 Å². The lowest BCUT2D eigenvalue weighted by Gasteiger charge is -2.20. The van der Waals surface area contributed by atoms with Crippen molar-refractivity contribution < 1.29 is 0 Å². The zero-order valence-electron chi connectivity index (χ0n) is 9.60. The van der Waals surface area contributed by atoms with Crippen LogP contribution in [0.1, 0.15) is 18.7 Å². The molecule has 0 spiro atoms. The molecule has 90 valence electrons. The maximum Gasteiger partial charge on any atom is 0.114 e. The first-order valence-electron chi connectivity index (χ1n) is 6.03. The number of imidazole rings is 1. The molecule has 0 radical (unpaired) electrons. The van der Waals surface area contributed by atoms with Crippen molar-refractivity contribution in [1.82, 2.24) is 9.38 Å². The van der Waals surface area contributed by atoms with Gasteiger partial charge in [-0.2, -0.15) is 11.8 Å². The second-order valence-corrected chi connectivity index (χ2v) is 6.58. The summed E-state index contributed by atoms with van der Waals surface area (Å²) < 4.78 is 3.33. The van der Waals surface area contributed by atoms with Gasteiger partial charge in [0.05, 0.1) is 16.3 Å². The third-order valence-corrected chi connectivity index (χ3v) is 5.06. The SMILES string of the molecule is Brc1cccc2cnc(CC3CCSCC3)n12. The summed E-state index contributed by atoms with van der Waals surface area (Å²) in [6, 6.07) is 6.25. The molecule has 0 saturated carbocycles. The van der Waals surface area contributed by atoms with Gasteiger partial charge in [-0.3, -0.25) is 4.40 Å². The van der Waals surface area contributed by atoms with Crippen LogP contribution >= 0.6 is 27.7 Å². The molecule has 1 fully saturated rings. The summed E-state index contributed by atoms with van der Waals surface area (Å²) in [6.45, 7) is 0. The quantitative estimate of drug-likeness (QED) is 0.785. The summed E-state index contributed by atoms with van der Waals surface area (Å²) in [6.07, 6.45) is 5.75. The molecule has 3 rings (SSSR count). The van der Waals surface area contributed by atoms with E-state index in [0.29, 0.717) is 0 Å². The van der Waals surface area contributed by atoms with E-state index in [1.165, 1.54) is 35.7 Å². The van der Waals surface area contributed by atoms with Gasteiger partial charge in [-0.1, -0.05) is 6.07 Å². The maximum atomic E-state index is 4.58. The number of fused-ring (bicyclic) bond motifs is 1. The van der Waals surface area contributed by atoms with Crippen molar-refractivity contribution in [3.05, 3.63) is 34.8 Å². The fourth-order valence-electron chi connectivity index (χ4n) is 2.42. The number of thioether (sulfide) groups is 1. The van der Waals surface area contributed by atoms with Gasteiger partial charge in [0.15, 0.2) is 0 Å². The van der Waals surface area contributed by atoms with Gasteiger partial charge in [-0.25, -0.2) is 4.98 Å². The number of nitrogens with zero attached hydrogens (tertiary/aromatic N) is 2. The summed E-state index contributed by atoms with van der Waals surface area (Å²) in [5.41, 5.74) is 1.18. The van der Waals surface area contributed by atoms with E-state index < -0.39 is 0 Å². The molecule has 1 aliphatic rings. The number of hydrogen-bond donors (Lipinski definition) is 0. The molecule has 0 N–H and O–H groups in total. The lowest BCUT2D eigenvalue weighted by molar-refractivity contribution is 0.475. The third kappa shape index (κ3) is 2.38. The van der Waals surface area contributed by atoms with Crippen LogP contribution in [-0.2, 0) is 6.42 Å². The first-order valence-corrected chi connectivity index (χ1v) is 7.98. The fourth-order valence-corrected chi connectivity index (χ4v) is 4.19. The van der Waals surface area contributed by atoms with Crippen LogP contribution in [0, 0.1) is 5.92 Å². The van der Waals surface area contributed by atoms with E-state index in [-0.39, 0.29) is 0 Å². The van der Waals surface area contributed by atoms with E-state index in [4.69, 9.17) is 0 Å². The van der Waals surface area contributed by atoms with Crippen molar-refractivity contribution in [3.8, 4) is 0 Å². The fraction of sp³-hybridized carbons (Fsp3) is 0.462. The molecule has 0 amide bonds. The minimum absolute atomic E-state index is 0.814. The Hall–Kier alpha value is -0.480. The Morgan fingerprint density at radius 3 is 3.00 bits per heavy atom. The number of pyridine rings is 1. The highest BCUT2D eigenvalue weighted by atomic mass is 79.9. The zero-order chi connectivity index (χ0) is 11.7. The average Bonchev–Trinajstić information content (AvgIpc) is 2.75. The van der Waals surface area contributed by atoms with Crippen LogP contribution in [0.25, 0.3) is 5.52 Å². The monoisotopic (exact) mass is 310 g/mol. The van der Waals surface area contributed by atoms with Crippen LogP contribution in [0.5, 0.6) is 0 Å². The second kappa shape index (κ2) is 5.02. The minimum Gasteiger partial charge on any atom is -0.291 e. The van der Waals surface area contributed by atoms with Crippen LogP contribution in [0.3, 0.4) is 0 Å². The van der Waals surface area contributed by atoms with E-state index in [9.17, 15) is 0 Å². The van der Waals surface area contributed by atoms with E-state index in [2.05, 4.69) is 55.3 Å².